The Labute approximate surface area is 107 Å². The van der Waals surface area contributed by atoms with E-state index in [1.165, 1.54) is 7.11 Å². The first-order chi connectivity index (χ1) is 8.72. The molecule has 1 amide bonds. The molecule has 1 unspecified atom stereocenters. The van der Waals surface area contributed by atoms with Crippen molar-refractivity contribution < 1.29 is 14.3 Å². The Morgan fingerprint density at radius 3 is 2.72 bits per heavy atom. The minimum absolute atomic E-state index is 0.00185. The lowest BCUT2D eigenvalue weighted by Crippen LogP contribution is -2.37. The van der Waals surface area contributed by atoms with Gasteiger partial charge in [-0.05, 0) is 25.0 Å². The Morgan fingerprint density at radius 2 is 2.06 bits per heavy atom. The maximum absolute atomic E-state index is 12.3. The topological polar surface area (TPSA) is 46.6 Å². The Hall–Kier alpha value is -1.84. The SMILES string of the molecule is COC(=O)CC1CCCN1C(=O)c1ccccc1. The predicted molar refractivity (Wildman–Crippen MR) is 67.1 cm³/mol. The Balaban J connectivity index is 2.07. The summed E-state index contributed by atoms with van der Waals surface area (Å²) in [6.07, 6.45) is 2.10. The van der Waals surface area contributed by atoms with E-state index in [4.69, 9.17) is 0 Å². The Kier molecular flexibility index (Phi) is 3.97. The fourth-order valence-electron chi connectivity index (χ4n) is 2.34. The molecule has 1 aromatic rings. The molecule has 1 aliphatic heterocycles. The molecule has 0 saturated carbocycles. The monoisotopic (exact) mass is 247 g/mol. The van der Waals surface area contributed by atoms with E-state index in [2.05, 4.69) is 4.74 Å². The van der Waals surface area contributed by atoms with E-state index >= 15 is 0 Å². The molecule has 0 spiro atoms. The molecule has 1 heterocycles. The fourth-order valence-corrected chi connectivity index (χ4v) is 2.34. The van der Waals surface area contributed by atoms with Gasteiger partial charge in [-0.25, -0.2) is 0 Å². The number of benzene rings is 1. The van der Waals surface area contributed by atoms with Crippen molar-refractivity contribution in [3.63, 3.8) is 0 Å². The molecule has 0 bridgehead atoms. The average molecular weight is 247 g/mol. The van der Waals surface area contributed by atoms with Gasteiger partial charge in [0.2, 0.25) is 0 Å². The van der Waals surface area contributed by atoms with Gasteiger partial charge in [-0.1, -0.05) is 18.2 Å². The van der Waals surface area contributed by atoms with E-state index in [1.54, 1.807) is 17.0 Å². The number of carbonyl (C=O) groups excluding carboxylic acids is 2. The predicted octanol–water partition coefficient (Wildman–Crippen LogP) is 1.85. The molecule has 1 fully saturated rings. The maximum atomic E-state index is 12.3. The van der Waals surface area contributed by atoms with Crippen molar-refractivity contribution in [2.45, 2.75) is 25.3 Å². The molecule has 96 valence electrons. The number of hydrogen-bond acceptors (Lipinski definition) is 3. The molecule has 1 aliphatic rings. The van der Waals surface area contributed by atoms with Crippen molar-refractivity contribution >= 4 is 11.9 Å². The van der Waals surface area contributed by atoms with Gasteiger partial charge in [-0.15, -0.1) is 0 Å². The molecular weight excluding hydrogens is 230 g/mol. The zero-order chi connectivity index (χ0) is 13.0. The second-order valence-corrected chi connectivity index (χ2v) is 4.44. The van der Waals surface area contributed by atoms with Crippen LogP contribution in [0, 0.1) is 0 Å². The van der Waals surface area contributed by atoms with Crippen LogP contribution in [0.5, 0.6) is 0 Å². The normalized spacial score (nSPS) is 18.7. The number of hydrogen-bond donors (Lipinski definition) is 0. The molecule has 4 heteroatoms. The van der Waals surface area contributed by atoms with Crippen LogP contribution in [0.4, 0.5) is 0 Å². The molecule has 1 aromatic carbocycles. The number of rotatable bonds is 3. The van der Waals surface area contributed by atoms with Gasteiger partial charge in [0.25, 0.3) is 5.91 Å². The standard InChI is InChI=1S/C14H17NO3/c1-18-13(16)10-12-8-5-9-15(12)14(17)11-6-3-2-4-7-11/h2-4,6-7,12H,5,8-10H2,1H3. The number of ether oxygens (including phenoxy) is 1. The van der Waals surface area contributed by atoms with Gasteiger partial charge in [0.05, 0.1) is 13.5 Å². The summed E-state index contributed by atoms with van der Waals surface area (Å²) in [5, 5.41) is 0. The molecular formula is C14H17NO3. The largest absolute Gasteiger partial charge is 0.469 e. The zero-order valence-corrected chi connectivity index (χ0v) is 10.5. The smallest absolute Gasteiger partial charge is 0.307 e. The summed E-state index contributed by atoms with van der Waals surface area (Å²) in [4.78, 5) is 25.4. The lowest BCUT2D eigenvalue weighted by molar-refractivity contribution is -0.141. The molecule has 0 N–H and O–H groups in total. The minimum atomic E-state index is -0.257. The first-order valence-electron chi connectivity index (χ1n) is 6.15. The molecule has 18 heavy (non-hydrogen) atoms. The summed E-state index contributed by atoms with van der Waals surface area (Å²) in [6.45, 7) is 0.718. The quantitative estimate of drug-likeness (QED) is 0.766. The van der Waals surface area contributed by atoms with E-state index in [1.807, 2.05) is 18.2 Å². The van der Waals surface area contributed by atoms with Crippen LogP contribution in [-0.4, -0.2) is 36.5 Å². The number of esters is 1. The highest BCUT2D eigenvalue weighted by Gasteiger charge is 2.31. The summed E-state index contributed by atoms with van der Waals surface area (Å²) in [5.41, 5.74) is 0.675. The third-order valence-electron chi connectivity index (χ3n) is 3.29. The van der Waals surface area contributed by atoms with E-state index < -0.39 is 0 Å². The van der Waals surface area contributed by atoms with Crippen LogP contribution in [0.15, 0.2) is 30.3 Å². The first-order valence-corrected chi connectivity index (χ1v) is 6.15. The van der Waals surface area contributed by atoms with Gasteiger partial charge in [-0.2, -0.15) is 0 Å². The van der Waals surface area contributed by atoms with Crippen LogP contribution in [0.2, 0.25) is 0 Å². The van der Waals surface area contributed by atoms with E-state index in [9.17, 15) is 9.59 Å². The van der Waals surface area contributed by atoms with Crippen molar-refractivity contribution in [3.05, 3.63) is 35.9 Å². The van der Waals surface area contributed by atoms with Crippen LogP contribution in [0.1, 0.15) is 29.6 Å². The third-order valence-corrected chi connectivity index (χ3v) is 3.29. The van der Waals surface area contributed by atoms with E-state index in [-0.39, 0.29) is 24.3 Å². The molecule has 0 aromatic heterocycles. The highest BCUT2D eigenvalue weighted by atomic mass is 16.5. The maximum Gasteiger partial charge on any atom is 0.307 e. The van der Waals surface area contributed by atoms with Crippen LogP contribution in [-0.2, 0) is 9.53 Å². The van der Waals surface area contributed by atoms with Gasteiger partial charge < -0.3 is 9.64 Å². The highest BCUT2D eigenvalue weighted by Crippen LogP contribution is 2.22. The molecule has 2 rings (SSSR count). The van der Waals surface area contributed by atoms with Crippen molar-refractivity contribution in [1.29, 1.82) is 0 Å². The number of methoxy groups -OCH3 is 1. The number of nitrogens with zero attached hydrogens (tertiary/aromatic N) is 1. The summed E-state index contributed by atoms with van der Waals surface area (Å²) in [5.74, 6) is -0.255. The number of carbonyl (C=O) groups is 2. The molecule has 0 aliphatic carbocycles. The van der Waals surface area contributed by atoms with Crippen molar-refractivity contribution in [2.75, 3.05) is 13.7 Å². The van der Waals surface area contributed by atoms with Gasteiger partial charge in [0.15, 0.2) is 0 Å². The van der Waals surface area contributed by atoms with Crippen LogP contribution in [0.25, 0.3) is 0 Å². The molecule has 1 saturated heterocycles. The van der Waals surface area contributed by atoms with Gasteiger partial charge in [-0.3, -0.25) is 9.59 Å². The first kappa shape index (κ1) is 12.6. The van der Waals surface area contributed by atoms with Gasteiger partial charge in [0.1, 0.15) is 0 Å². The zero-order valence-electron chi connectivity index (χ0n) is 10.5. The fraction of sp³-hybridized carbons (Fsp3) is 0.429. The Morgan fingerprint density at radius 1 is 1.33 bits per heavy atom. The summed E-state index contributed by atoms with van der Waals surface area (Å²) in [6, 6.07) is 9.15. The van der Waals surface area contributed by atoms with Crippen molar-refractivity contribution in [2.24, 2.45) is 0 Å². The number of likely N-dealkylation sites (tertiary alicyclic amines) is 1. The minimum Gasteiger partial charge on any atom is -0.469 e. The summed E-state index contributed by atoms with van der Waals surface area (Å²) < 4.78 is 4.67. The molecule has 1 atom stereocenters. The van der Waals surface area contributed by atoms with Crippen LogP contribution in [0.3, 0.4) is 0 Å². The second kappa shape index (κ2) is 5.67. The average Bonchev–Trinajstić information content (AvgIpc) is 2.86. The van der Waals surface area contributed by atoms with Gasteiger partial charge in [0, 0.05) is 18.2 Å². The highest BCUT2D eigenvalue weighted by molar-refractivity contribution is 5.94. The third kappa shape index (κ3) is 2.70. The van der Waals surface area contributed by atoms with Crippen LogP contribution >= 0.6 is 0 Å². The second-order valence-electron chi connectivity index (χ2n) is 4.44. The van der Waals surface area contributed by atoms with E-state index in [0.717, 1.165) is 19.4 Å². The lowest BCUT2D eigenvalue weighted by atomic mass is 10.1. The van der Waals surface area contributed by atoms with Crippen molar-refractivity contribution in [3.8, 4) is 0 Å². The Bertz CT molecular complexity index is 430. The molecule has 4 nitrogen and oxygen atoms in total. The number of amides is 1. The summed E-state index contributed by atoms with van der Waals surface area (Å²) >= 11 is 0. The molecule has 0 radical (unpaired) electrons. The van der Waals surface area contributed by atoms with Gasteiger partial charge >= 0.3 is 5.97 Å². The summed E-state index contributed by atoms with van der Waals surface area (Å²) in [7, 11) is 1.38. The van der Waals surface area contributed by atoms with Crippen molar-refractivity contribution in [1.82, 2.24) is 4.90 Å². The lowest BCUT2D eigenvalue weighted by Gasteiger charge is -2.23. The van der Waals surface area contributed by atoms with Crippen LogP contribution < -0.4 is 0 Å². The van der Waals surface area contributed by atoms with E-state index in [0.29, 0.717) is 5.56 Å².